The van der Waals surface area contributed by atoms with Crippen LogP contribution in [0, 0.1) is 0 Å². The molecule has 0 saturated carbocycles. The third-order valence-electron chi connectivity index (χ3n) is 4.51. The largest absolute Gasteiger partial charge is 0.459 e. The van der Waals surface area contributed by atoms with Gasteiger partial charge >= 0.3 is 0 Å². The number of amides is 1. The zero-order valence-electron chi connectivity index (χ0n) is 15.4. The third kappa shape index (κ3) is 4.18. The number of benzene rings is 3. The van der Waals surface area contributed by atoms with Crippen molar-refractivity contribution in [1.82, 2.24) is 5.32 Å². The summed E-state index contributed by atoms with van der Waals surface area (Å²) in [5, 5.41) is 16.9. The van der Waals surface area contributed by atoms with Gasteiger partial charge in [0, 0.05) is 16.8 Å². The van der Waals surface area contributed by atoms with Gasteiger partial charge in [0.05, 0.1) is 0 Å². The quantitative estimate of drug-likeness (QED) is 0.431. The van der Waals surface area contributed by atoms with Crippen LogP contribution in [0.1, 0.15) is 16.1 Å². The number of aliphatic hydroxyl groups is 1. The molecule has 4 rings (SSSR count). The number of nitrogens with one attached hydrogen (secondary N) is 2. The molecule has 3 N–H and O–H groups in total. The number of carbonyl (C=O) groups is 1. The van der Waals surface area contributed by atoms with Gasteiger partial charge in [0.2, 0.25) is 0 Å². The molecule has 3 aromatic carbocycles. The molecular formula is C23H18N2O3S. The molecule has 0 aliphatic carbocycles. The van der Waals surface area contributed by atoms with Crippen LogP contribution in [0.2, 0.25) is 0 Å². The molecule has 0 fully saturated rings. The highest BCUT2D eigenvalue weighted by Gasteiger charge is 2.11. The fraction of sp³-hybridized carbons (Fsp3) is 0.0435. The Kier molecular flexibility index (Phi) is 5.37. The van der Waals surface area contributed by atoms with E-state index in [0.29, 0.717) is 17.1 Å². The Morgan fingerprint density at radius 3 is 2.45 bits per heavy atom. The summed E-state index contributed by atoms with van der Waals surface area (Å²) in [5.74, 6) is 0.926. The van der Waals surface area contributed by atoms with E-state index in [4.69, 9.17) is 21.7 Å². The number of thiocarbonyl (C=S) groups is 1. The molecule has 1 heterocycles. The molecule has 6 heteroatoms. The van der Waals surface area contributed by atoms with E-state index < -0.39 is 0 Å². The average Bonchev–Trinajstić information content (AvgIpc) is 3.23. The topological polar surface area (TPSA) is 74.5 Å². The summed E-state index contributed by atoms with van der Waals surface area (Å²) in [6, 6.07) is 24.3. The monoisotopic (exact) mass is 402 g/mol. The van der Waals surface area contributed by atoms with Crippen LogP contribution in [0.25, 0.3) is 22.1 Å². The lowest BCUT2D eigenvalue weighted by Gasteiger charge is -2.11. The van der Waals surface area contributed by atoms with Crippen LogP contribution >= 0.6 is 12.2 Å². The van der Waals surface area contributed by atoms with Gasteiger partial charge in [0.15, 0.2) is 5.11 Å². The molecule has 144 valence electrons. The number of fused-ring (bicyclic) bond motifs is 1. The van der Waals surface area contributed by atoms with Gasteiger partial charge in [-0.25, -0.2) is 0 Å². The molecule has 1 aromatic heterocycles. The Morgan fingerprint density at radius 2 is 1.69 bits per heavy atom. The van der Waals surface area contributed by atoms with Crippen molar-refractivity contribution in [2.24, 2.45) is 0 Å². The molecule has 0 saturated heterocycles. The summed E-state index contributed by atoms with van der Waals surface area (Å²) >= 11 is 5.29. The molecule has 0 atom stereocenters. The van der Waals surface area contributed by atoms with E-state index in [2.05, 4.69) is 10.6 Å². The third-order valence-corrected chi connectivity index (χ3v) is 4.71. The molecule has 0 unspecified atom stereocenters. The summed E-state index contributed by atoms with van der Waals surface area (Å²) in [6.45, 7) is -0.135. The van der Waals surface area contributed by atoms with Gasteiger partial charge in [-0.2, -0.15) is 0 Å². The van der Waals surface area contributed by atoms with Gasteiger partial charge in [-0.3, -0.25) is 10.1 Å². The lowest BCUT2D eigenvalue weighted by Crippen LogP contribution is -2.34. The van der Waals surface area contributed by atoms with Crippen LogP contribution in [0.5, 0.6) is 0 Å². The first-order valence-corrected chi connectivity index (χ1v) is 9.45. The minimum atomic E-state index is -0.261. The van der Waals surface area contributed by atoms with Crippen molar-refractivity contribution in [3.05, 3.63) is 90.2 Å². The summed E-state index contributed by atoms with van der Waals surface area (Å²) in [6.07, 6.45) is 0. The maximum Gasteiger partial charge on any atom is 0.258 e. The van der Waals surface area contributed by atoms with Crippen molar-refractivity contribution >= 4 is 39.7 Å². The van der Waals surface area contributed by atoms with Gasteiger partial charge in [-0.05, 0) is 65.5 Å². The van der Waals surface area contributed by atoms with Gasteiger partial charge in [-0.15, -0.1) is 0 Å². The van der Waals surface area contributed by atoms with Crippen molar-refractivity contribution in [2.75, 3.05) is 5.32 Å². The maximum atomic E-state index is 12.7. The van der Waals surface area contributed by atoms with Crippen molar-refractivity contribution in [2.45, 2.75) is 6.61 Å². The zero-order chi connectivity index (χ0) is 20.2. The highest BCUT2D eigenvalue weighted by molar-refractivity contribution is 7.80. The molecule has 0 radical (unpaired) electrons. The summed E-state index contributed by atoms with van der Waals surface area (Å²) in [5.41, 5.74) is 2.19. The number of carbonyl (C=O) groups excluding carboxylic acids is 1. The Labute approximate surface area is 173 Å². The Bertz CT molecular complexity index is 1180. The molecular weight excluding hydrogens is 384 g/mol. The van der Waals surface area contributed by atoms with Crippen molar-refractivity contribution < 1.29 is 14.3 Å². The molecule has 0 spiro atoms. The van der Waals surface area contributed by atoms with Crippen molar-refractivity contribution in [1.29, 1.82) is 0 Å². The number of hydrogen-bond donors (Lipinski definition) is 3. The van der Waals surface area contributed by atoms with Crippen LogP contribution in [0.3, 0.4) is 0 Å². The lowest BCUT2D eigenvalue weighted by molar-refractivity contribution is 0.0979. The molecule has 1 amide bonds. The van der Waals surface area contributed by atoms with Crippen LogP contribution in [0.15, 0.2) is 83.3 Å². The van der Waals surface area contributed by atoms with E-state index in [-0.39, 0.29) is 17.6 Å². The van der Waals surface area contributed by atoms with E-state index in [1.807, 2.05) is 66.7 Å². The zero-order valence-corrected chi connectivity index (χ0v) is 16.2. The highest BCUT2D eigenvalue weighted by atomic mass is 32.1. The second-order valence-corrected chi connectivity index (χ2v) is 6.84. The van der Waals surface area contributed by atoms with Crippen LogP contribution in [-0.2, 0) is 6.61 Å². The van der Waals surface area contributed by atoms with E-state index >= 15 is 0 Å². The SMILES string of the molecule is O=C(NC(=S)Nc1ccc(-c2ccc(CO)o2)cc1)c1cccc2ccccc12. The van der Waals surface area contributed by atoms with Gasteiger partial charge < -0.3 is 14.8 Å². The standard InChI is InChI=1S/C23H18N2O3S/c26-14-18-12-13-21(28-18)16-8-10-17(11-9-16)24-23(29)25-22(27)20-7-3-5-15-4-1-2-6-19(15)20/h1-13,26H,14H2,(H2,24,25,27,29). The Morgan fingerprint density at radius 1 is 0.931 bits per heavy atom. The second-order valence-electron chi connectivity index (χ2n) is 6.44. The van der Waals surface area contributed by atoms with Crippen LogP contribution in [-0.4, -0.2) is 16.1 Å². The fourth-order valence-corrected chi connectivity index (χ4v) is 3.30. The first-order valence-electron chi connectivity index (χ1n) is 9.04. The fourth-order valence-electron chi connectivity index (χ4n) is 3.09. The number of aliphatic hydroxyl groups excluding tert-OH is 1. The van der Waals surface area contributed by atoms with E-state index in [0.717, 1.165) is 22.0 Å². The first kappa shape index (κ1) is 18.9. The van der Waals surface area contributed by atoms with E-state index in [9.17, 15) is 4.79 Å². The highest BCUT2D eigenvalue weighted by Crippen LogP contribution is 2.24. The van der Waals surface area contributed by atoms with E-state index in [1.165, 1.54) is 0 Å². The van der Waals surface area contributed by atoms with Gasteiger partial charge in [-0.1, -0.05) is 36.4 Å². The van der Waals surface area contributed by atoms with Gasteiger partial charge in [0.25, 0.3) is 5.91 Å². The number of furan rings is 1. The summed E-state index contributed by atoms with van der Waals surface area (Å²) in [4.78, 5) is 12.7. The Hall–Kier alpha value is -3.48. The van der Waals surface area contributed by atoms with Crippen LogP contribution < -0.4 is 10.6 Å². The summed E-state index contributed by atoms with van der Waals surface area (Å²) < 4.78 is 5.52. The number of hydrogen-bond acceptors (Lipinski definition) is 4. The molecule has 0 aliphatic heterocycles. The lowest BCUT2D eigenvalue weighted by atomic mass is 10.0. The predicted molar refractivity (Wildman–Crippen MR) is 118 cm³/mol. The average molecular weight is 402 g/mol. The van der Waals surface area contributed by atoms with Crippen LogP contribution in [0.4, 0.5) is 5.69 Å². The molecule has 0 bridgehead atoms. The smallest absolute Gasteiger partial charge is 0.258 e. The normalized spacial score (nSPS) is 10.7. The molecule has 29 heavy (non-hydrogen) atoms. The maximum absolute atomic E-state index is 12.7. The minimum Gasteiger partial charge on any atom is -0.459 e. The number of anilines is 1. The molecule has 5 nitrogen and oxygen atoms in total. The molecule has 0 aliphatic rings. The van der Waals surface area contributed by atoms with Crippen molar-refractivity contribution in [3.8, 4) is 11.3 Å². The number of rotatable bonds is 4. The minimum absolute atomic E-state index is 0.135. The second kappa shape index (κ2) is 8.26. The predicted octanol–water partition coefficient (Wildman–Crippen LogP) is 4.72. The first-order chi connectivity index (χ1) is 14.1. The Balaban J connectivity index is 1.43. The van der Waals surface area contributed by atoms with Crippen molar-refractivity contribution in [3.63, 3.8) is 0 Å². The summed E-state index contributed by atoms with van der Waals surface area (Å²) in [7, 11) is 0. The van der Waals surface area contributed by atoms with E-state index in [1.54, 1.807) is 12.1 Å². The van der Waals surface area contributed by atoms with Gasteiger partial charge in [0.1, 0.15) is 18.1 Å². The molecule has 4 aromatic rings.